The van der Waals surface area contributed by atoms with Crippen molar-refractivity contribution in [2.24, 2.45) is 11.8 Å². The van der Waals surface area contributed by atoms with Crippen molar-refractivity contribution in [1.29, 1.82) is 0 Å². The fourth-order valence-electron chi connectivity index (χ4n) is 2.82. The number of aryl methyl sites for hydroxylation is 1. The number of nitrogens with one attached hydrogen (secondary N) is 1. The molecule has 1 aliphatic carbocycles. The molecule has 3 rings (SSSR count). The minimum Gasteiger partial charge on any atom is -0.481 e. The Morgan fingerprint density at radius 1 is 1.26 bits per heavy atom. The van der Waals surface area contributed by atoms with Crippen LogP contribution in [0.3, 0.4) is 0 Å². The van der Waals surface area contributed by atoms with Gasteiger partial charge in [-0.25, -0.2) is 4.68 Å². The predicted octanol–water partition coefficient (Wildman–Crippen LogP) is 1.83. The number of aliphatic carboxylic acids is 1. The summed E-state index contributed by atoms with van der Waals surface area (Å²) in [6.45, 7) is 4.24. The van der Waals surface area contributed by atoms with E-state index in [0.717, 1.165) is 22.6 Å². The van der Waals surface area contributed by atoms with Crippen molar-refractivity contribution in [2.75, 3.05) is 0 Å². The average Bonchev–Trinajstić information content (AvgIpc) is 3.29. The number of benzene rings is 1. The van der Waals surface area contributed by atoms with Gasteiger partial charge in [-0.2, -0.15) is 5.10 Å². The average molecular weight is 313 g/mol. The van der Waals surface area contributed by atoms with Crippen LogP contribution in [0.25, 0.3) is 5.69 Å². The van der Waals surface area contributed by atoms with Gasteiger partial charge in [0.05, 0.1) is 23.2 Å². The highest BCUT2D eigenvalue weighted by molar-refractivity contribution is 5.89. The molecule has 0 bridgehead atoms. The van der Waals surface area contributed by atoms with Crippen LogP contribution in [0.5, 0.6) is 0 Å². The monoisotopic (exact) mass is 313 g/mol. The lowest BCUT2D eigenvalue weighted by Gasteiger charge is -2.07. The van der Waals surface area contributed by atoms with E-state index in [1.807, 2.05) is 48.9 Å². The molecule has 120 valence electrons. The van der Waals surface area contributed by atoms with Crippen molar-refractivity contribution in [3.63, 3.8) is 0 Å². The van der Waals surface area contributed by atoms with Crippen LogP contribution in [0.2, 0.25) is 0 Å². The molecule has 1 saturated carbocycles. The summed E-state index contributed by atoms with van der Waals surface area (Å²) in [7, 11) is 0. The fourth-order valence-corrected chi connectivity index (χ4v) is 2.82. The second kappa shape index (κ2) is 5.87. The number of amides is 1. The molecule has 0 unspecified atom stereocenters. The topological polar surface area (TPSA) is 84.2 Å². The maximum absolute atomic E-state index is 12.0. The lowest BCUT2D eigenvalue weighted by Crippen LogP contribution is -2.26. The van der Waals surface area contributed by atoms with Gasteiger partial charge in [0, 0.05) is 17.8 Å². The molecule has 2 N–H and O–H groups in total. The summed E-state index contributed by atoms with van der Waals surface area (Å²) >= 11 is 0. The van der Waals surface area contributed by atoms with Gasteiger partial charge in [0.25, 0.3) is 0 Å². The van der Waals surface area contributed by atoms with Gasteiger partial charge in [0.1, 0.15) is 0 Å². The number of aromatic nitrogens is 2. The van der Waals surface area contributed by atoms with Crippen LogP contribution in [0.1, 0.15) is 23.4 Å². The molecule has 0 saturated heterocycles. The number of para-hydroxylation sites is 1. The lowest BCUT2D eigenvalue weighted by molar-refractivity contribution is -0.140. The Morgan fingerprint density at radius 3 is 2.57 bits per heavy atom. The van der Waals surface area contributed by atoms with Crippen molar-refractivity contribution in [1.82, 2.24) is 15.1 Å². The summed E-state index contributed by atoms with van der Waals surface area (Å²) in [5, 5.41) is 16.3. The van der Waals surface area contributed by atoms with Gasteiger partial charge in [-0.05, 0) is 32.4 Å². The maximum atomic E-state index is 12.0. The van der Waals surface area contributed by atoms with Crippen LogP contribution >= 0.6 is 0 Å². The van der Waals surface area contributed by atoms with E-state index in [9.17, 15) is 9.59 Å². The molecule has 0 radical (unpaired) electrons. The smallest absolute Gasteiger partial charge is 0.307 e. The summed E-state index contributed by atoms with van der Waals surface area (Å²) in [5.74, 6) is -2.00. The number of carbonyl (C=O) groups is 2. The molecule has 1 amide bonds. The second-order valence-electron chi connectivity index (χ2n) is 5.90. The zero-order chi connectivity index (χ0) is 16.6. The Balaban J connectivity index is 1.71. The first-order valence-corrected chi connectivity index (χ1v) is 7.60. The van der Waals surface area contributed by atoms with Gasteiger partial charge in [-0.1, -0.05) is 18.2 Å². The van der Waals surface area contributed by atoms with Gasteiger partial charge >= 0.3 is 5.97 Å². The quantitative estimate of drug-likeness (QED) is 0.882. The van der Waals surface area contributed by atoms with E-state index < -0.39 is 17.8 Å². The fraction of sp³-hybridized carbons (Fsp3) is 0.353. The van der Waals surface area contributed by atoms with E-state index in [1.54, 1.807) is 0 Å². The number of rotatable bonds is 5. The van der Waals surface area contributed by atoms with Crippen LogP contribution < -0.4 is 5.32 Å². The number of hydrogen-bond donors (Lipinski definition) is 2. The predicted molar refractivity (Wildman–Crippen MR) is 84.1 cm³/mol. The van der Waals surface area contributed by atoms with Gasteiger partial charge in [0.15, 0.2) is 0 Å². The molecule has 1 aromatic heterocycles. The van der Waals surface area contributed by atoms with Crippen molar-refractivity contribution in [3.05, 3.63) is 47.3 Å². The standard InChI is InChI=1S/C17H19N3O3/c1-10-15(9-18-16(21)13-8-14(13)17(22)23)11(2)20(19-10)12-6-4-3-5-7-12/h3-7,13-14H,8-9H2,1-2H3,(H,18,21)(H,22,23)/t13-,14-/m0/s1. The molecule has 2 aromatic rings. The van der Waals surface area contributed by atoms with Crippen molar-refractivity contribution < 1.29 is 14.7 Å². The lowest BCUT2D eigenvalue weighted by atomic mass is 10.2. The second-order valence-corrected chi connectivity index (χ2v) is 5.90. The Kier molecular flexibility index (Phi) is 3.90. The van der Waals surface area contributed by atoms with E-state index in [0.29, 0.717) is 13.0 Å². The molecule has 23 heavy (non-hydrogen) atoms. The number of nitrogens with zero attached hydrogens (tertiary/aromatic N) is 2. The summed E-state index contributed by atoms with van der Waals surface area (Å²) in [6, 6.07) is 9.80. The third-order valence-corrected chi connectivity index (χ3v) is 4.33. The molecule has 2 atom stereocenters. The van der Waals surface area contributed by atoms with E-state index >= 15 is 0 Å². The van der Waals surface area contributed by atoms with E-state index in [1.165, 1.54) is 0 Å². The number of carboxylic acids is 1. The molecule has 6 nitrogen and oxygen atoms in total. The maximum Gasteiger partial charge on any atom is 0.307 e. The number of carbonyl (C=O) groups excluding carboxylic acids is 1. The first kappa shape index (κ1) is 15.3. The molecular weight excluding hydrogens is 294 g/mol. The third kappa shape index (κ3) is 2.97. The Labute approximate surface area is 134 Å². The highest BCUT2D eigenvalue weighted by Crippen LogP contribution is 2.38. The van der Waals surface area contributed by atoms with E-state index in [-0.39, 0.29) is 5.91 Å². The van der Waals surface area contributed by atoms with Crippen LogP contribution in [0, 0.1) is 25.7 Å². The SMILES string of the molecule is Cc1nn(-c2ccccc2)c(C)c1CNC(=O)[C@H]1C[C@@H]1C(=O)O. The van der Waals surface area contributed by atoms with Gasteiger partial charge in [-0.3, -0.25) is 9.59 Å². The van der Waals surface area contributed by atoms with Crippen LogP contribution in [0.4, 0.5) is 0 Å². The summed E-state index contributed by atoms with van der Waals surface area (Å²) in [5.41, 5.74) is 3.77. The van der Waals surface area contributed by atoms with Crippen LogP contribution in [0.15, 0.2) is 30.3 Å². The van der Waals surface area contributed by atoms with E-state index in [4.69, 9.17) is 5.11 Å². The normalized spacial score (nSPS) is 19.4. The summed E-state index contributed by atoms with van der Waals surface area (Å²) in [6.07, 6.45) is 0.433. The molecule has 1 aromatic carbocycles. The van der Waals surface area contributed by atoms with E-state index in [2.05, 4.69) is 10.4 Å². The highest BCUT2D eigenvalue weighted by Gasteiger charge is 2.48. The summed E-state index contributed by atoms with van der Waals surface area (Å²) in [4.78, 5) is 22.8. The number of carboxylic acid groups (broad SMARTS) is 1. The zero-order valence-electron chi connectivity index (χ0n) is 13.1. The van der Waals surface area contributed by atoms with Crippen LogP contribution in [-0.2, 0) is 16.1 Å². The molecular formula is C17H19N3O3. The summed E-state index contributed by atoms with van der Waals surface area (Å²) < 4.78 is 1.86. The minimum absolute atomic E-state index is 0.191. The molecule has 6 heteroatoms. The highest BCUT2D eigenvalue weighted by atomic mass is 16.4. The first-order valence-electron chi connectivity index (χ1n) is 7.60. The Hall–Kier alpha value is -2.63. The first-order chi connectivity index (χ1) is 11.0. The Morgan fingerprint density at radius 2 is 1.96 bits per heavy atom. The van der Waals surface area contributed by atoms with Crippen molar-refractivity contribution in [3.8, 4) is 5.69 Å². The van der Waals surface area contributed by atoms with Gasteiger partial charge in [-0.15, -0.1) is 0 Å². The molecule has 1 fully saturated rings. The molecule has 0 aliphatic heterocycles. The third-order valence-electron chi connectivity index (χ3n) is 4.33. The zero-order valence-corrected chi connectivity index (χ0v) is 13.1. The van der Waals surface area contributed by atoms with Gasteiger partial charge < -0.3 is 10.4 Å². The number of hydrogen-bond acceptors (Lipinski definition) is 3. The molecule has 1 aliphatic rings. The van der Waals surface area contributed by atoms with Gasteiger partial charge in [0.2, 0.25) is 5.91 Å². The Bertz CT molecular complexity index is 752. The largest absolute Gasteiger partial charge is 0.481 e. The van der Waals surface area contributed by atoms with Crippen LogP contribution in [-0.4, -0.2) is 26.8 Å². The molecule has 1 heterocycles. The minimum atomic E-state index is -0.894. The van der Waals surface area contributed by atoms with Crippen molar-refractivity contribution in [2.45, 2.75) is 26.8 Å². The molecule has 0 spiro atoms. The van der Waals surface area contributed by atoms with Crippen molar-refractivity contribution >= 4 is 11.9 Å².